The lowest BCUT2D eigenvalue weighted by Crippen LogP contribution is -2.48. The minimum absolute atomic E-state index is 0.179. The summed E-state index contributed by atoms with van der Waals surface area (Å²) >= 11 is 5.99. The average Bonchev–Trinajstić information content (AvgIpc) is 3.14. The highest BCUT2D eigenvalue weighted by Crippen LogP contribution is 2.36. The van der Waals surface area contributed by atoms with Crippen LogP contribution in [0.4, 0.5) is 4.79 Å². The van der Waals surface area contributed by atoms with E-state index in [1.165, 1.54) is 10.4 Å². The Bertz CT molecular complexity index is 1310. The van der Waals surface area contributed by atoms with Crippen molar-refractivity contribution < 1.29 is 17.9 Å². The SMILES string of the molecule is O=C1OC2(CCN(S(=O)(=O)c3cccc(Cl)c3)CC2)CN1Cc1ccccc1-c1ccccc1. The van der Waals surface area contributed by atoms with Crippen molar-refractivity contribution >= 4 is 27.7 Å². The highest BCUT2D eigenvalue weighted by atomic mass is 35.5. The molecule has 6 nitrogen and oxygen atoms in total. The molecule has 0 radical (unpaired) electrons. The number of nitrogens with zero attached hydrogens (tertiary/aromatic N) is 2. The van der Waals surface area contributed by atoms with Crippen LogP contribution in [-0.4, -0.2) is 49.0 Å². The van der Waals surface area contributed by atoms with Gasteiger partial charge < -0.3 is 4.74 Å². The van der Waals surface area contributed by atoms with E-state index >= 15 is 0 Å². The number of rotatable bonds is 5. The molecule has 1 amide bonds. The molecule has 1 spiro atoms. The van der Waals surface area contributed by atoms with Gasteiger partial charge in [0.15, 0.2) is 0 Å². The lowest BCUT2D eigenvalue weighted by Gasteiger charge is -2.36. The largest absolute Gasteiger partial charge is 0.441 e. The van der Waals surface area contributed by atoms with Crippen LogP contribution in [0.3, 0.4) is 0 Å². The van der Waals surface area contributed by atoms with Gasteiger partial charge in [-0.25, -0.2) is 13.2 Å². The Morgan fingerprint density at radius 2 is 1.62 bits per heavy atom. The highest BCUT2D eigenvalue weighted by molar-refractivity contribution is 7.89. The van der Waals surface area contributed by atoms with Crippen molar-refractivity contribution in [2.24, 2.45) is 0 Å². The van der Waals surface area contributed by atoms with Crippen molar-refractivity contribution in [3.63, 3.8) is 0 Å². The molecule has 0 aliphatic carbocycles. The van der Waals surface area contributed by atoms with E-state index in [0.717, 1.165) is 16.7 Å². The lowest BCUT2D eigenvalue weighted by molar-refractivity contribution is 0.0172. The van der Waals surface area contributed by atoms with Gasteiger partial charge in [0.25, 0.3) is 0 Å². The zero-order valence-electron chi connectivity index (χ0n) is 18.6. The molecule has 0 aromatic heterocycles. The smallest absolute Gasteiger partial charge is 0.410 e. The molecule has 2 aliphatic rings. The van der Waals surface area contributed by atoms with Gasteiger partial charge in [0.2, 0.25) is 10.0 Å². The number of sulfonamides is 1. The first-order valence-electron chi connectivity index (χ1n) is 11.2. The van der Waals surface area contributed by atoms with Crippen molar-refractivity contribution in [3.8, 4) is 11.1 Å². The Morgan fingerprint density at radius 1 is 0.912 bits per heavy atom. The minimum Gasteiger partial charge on any atom is -0.441 e. The number of ether oxygens (including phenoxy) is 1. The van der Waals surface area contributed by atoms with Crippen LogP contribution >= 0.6 is 11.6 Å². The fraction of sp³-hybridized carbons (Fsp3) is 0.269. The maximum atomic E-state index is 13.0. The van der Waals surface area contributed by atoms with Crippen molar-refractivity contribution in [3.05, 3.63) is 89.4 Å². The van der Waals surface area contributed by atoms with E-state index in [0.29, 0.717) is 31.0 Å². The second kappa shape index (κ2) is 9.06. The number of hydrogen-bond acceptors (Lipinski definition) is 4. The van der Waals surface area contributed by atoms with E-state index in [4.69, 9.17) is 16.3 Å². The van der Waals surface area contributed by atoms with Crippen LogP contribution < -0.4 is 0 Å². The third-order valence-corrected chi connectivity index (χ3v) is 8.70. The van der Waals surface area contributed by atoms with Gasteiger partial charge in [-0.05, 0) is 34.9 Å². The zero-order chi connectivity index (χ0) is 23.8. The standard InChI is InChI=1S/C26H25ClN2O4S/c27-22-10-6-11-23(17-22)34(31,32)29-15-13-26(14-16-29)19-28(25(30)33-26)18-21-9-4-5-12-24(21)20-7-2-1-3-8-20/h1-12,17H,13-16,18-19H2. The monoisotopic (exact) mass is 496 g/mol. The molecule has 2 aliphatic heterocycles. The Balaban J connectivity index is 1.29. The Hall–Kier alpha value is -2.87. The minimum atomic E-state index is -3.65. The van der Waals surface area contributed by atoms with Gasteiger partial charge in [0.05, 0.1) is 11.4 Å². The summed E-state index contributed by atoms with van der Waals surface area (Å²) in [7, 11) is -3.65. The summed E-state index contributed by atoms with van der Waals surface area (Å²) in [5.41, 5.74) is 2.56. The number of piperidine rings is 1. The van der Waals surface area contributed by atoms with Crippen LogP contribution in [0.5, 0.6) is 0 Å². The number of hydrogen-bond donors (Lipinski definition) is 0. The molecule has 176 valence electrons. The molecule has 0 saturated carbocycles. The van der Waals surface area contributed by atoms with Crippen LogP contribution in [0, 0.1) is 0 Å². The summed E-state index contributed by atoms with van der Waals surface area (Å²) in [5.74, 6) is 0. The first-order chi connectivity index (χ1) is 16.4. The molecular weight excluding hydrogens is 472 g/mol. The van der Waals surface area contributed by atoms with E-state index in [9.17, 15) is 13.2 Å². The fourth-order valence-corrected chi connectivity index (χ4v) is 6.49. The van der Waals surface area contributed by atoms with Crippen LogP contribution in [-0.2, 0) is 21.3 Å². The van der Waals surface area contributed by atoms with Gasteiger partial charge in [0.1, 0.15) is 5.60 Å². The van der Waals surface area contributed by atoms with Crippen molar-refractivity contribution in [2.75, 3.05) is 19.6 Å². The maximum Gasteiger partial charge on any atom is 0.410 e. The van der Waals surface area contributed by atoms with Crippen LogP contribution in [0.2, 0.25) is 5.02 Å². The molecule has 0 N–H and O–H groups in total. The predicted octanol–water partition coefficient (Wildman–Crippen LogP) is 5.18. The summed E-state index contributed by atoms with van der Waals surface area (Å²) in [4.78, 5) is 14.7. The zero-order valence-corrected chi connectivity index (χ0v) is 20.1. The molecule has 0 bridgehead atoms. The Kier molecular flexibility index (Phi) is 6.10. The summed E-state index contributed by atoms with van der Waals surface area (Å²) in [6.45, 7) is 1.46. The van der Waals surface area contributed by atoms with Crippen molar-refractivity contribution in [1.82, 2.24) is 9.21 Å². The first-order valence-corrected chi connectivity index (χ1v) is 13.1. The third-order valence-electron chi connectivity index (χ3n) is 6.57. The molecular formula is C26H25ClN2O4S. The molecule has 8 heteroatoms. The molecule has 2 saturated heterocycles. The van der Waals surface area contributed by atoms with Gasteiger partial charge in [-0.15, -0.1) is 0 Å². The van der Waals surface area contributed by atoms with Gasteiger partial charge in [0, 0.05) is 37.5 Å². The van der Waals surface area contributed by atoms with Crippen LogP contribution in [0.1, 0.15) is 18.4 Å². The van der Waals surface area contributed by atoms with E-state index in [1.807, 2.05) is 36.4 Å². The summed E-state index contributed by atoms with van der Waals surface area (Å²) in [5, 5.41) is 0.380. The van der Waals surface area contributed by atoms with E-state index in [-0.39, 0.29) is 24.1 Å². The first kappa shape index (κ1) is 22.9. The van der Waals surface area contributed by atoms with Gasteiger partial charge in [-0.1, -0.05) is 72.3 Å². The summed E-state index contributed by atoms with van der Waals surface area (Å²) < 4.78 is 33.4. The van der Waals surface area contributed by atoms with E-state index in [2.05, 4.69) is 18.2 Å². The Morgan fingerprint density at radius 3 is 2.35 bits per heavy atom. The number of carbonyl (C=O) groups excluding carboxylic acids is 1. The Labute approximate surface area is 204 Å². The number of benzene rings is 3. The molecule has 3 aromatic rings. The third kappa shape index (κ3) is 4.43. The fourth-order valence-electron chi connectivity index (χ4n) is 4.75. The normalized spacial score (nSPS) is 18.3. The second-order valence-electron chi connectivity index (χ2n) is 8.79. The maximum absolute atomic E-state index is 13.0. The molecule has 2 fully saturated rings. The van der Waals surface area contributed by atoms with Gasteiger partial charge in [-0.2, -0.15) is 4.31 Å². The van der Waals surface area contributed by atoms with Gasteiger partial charge >= 0.3 is 6.09 Å². The van der Waals surface area contributed by atoms with Crippen LogP contribution in [0.25, 0.3) is 11.1 Å². The topological polar surface area (TPSA) is 66.9 Å². The second-order valence-corrected chi connectivity index (χ2v) is 11.2. The molecule has 34 heavy (non-hydrogen) atoms. The lowest BCUT2D eigenvalue weighted by atomic mass is 9.92. The highest BCUT2D eigenvalue weighted by Gasteiger charge is 2.48. The summed E-state index contributed by atoms with van der Waals surface area (Å²) in [6.07, 6.45) is 0.555. The molecule has 5 rings (SSSR count). The van der Waals surface area contributed by atoms with E-state index in [1.54, 1.807) is 23.1 Å². The average molecular weight is 497 g/mol. The number of amides is 1. The molecule has 3 aromatic carbocycles. The van der Waals surface area contributed by atoms with Crippen LogP contribution in [0.15, 0.2) is 83.8 Å². The summed E-state index contributed by atoms with van der Waals surface area (Å²) in [6, 6.07) is 24.4. The van der Waals surface area contributed by atoms with Crippen molar-refractivity contribution in [2.45, 2.75) is 29.9 Å². The van der Waals surface area contributed by atoms with Gasteiger partial charge in [-0.3, -0.25) is 4.90 Å². The molecule has 2 heterocycles. The molecule has 0 atom stereocenters. The van der Waals surface area contributed by atoms with E-state index < -0.39 is 15.6 Å². The number of halogens is 1. The number of carbonyl (C=O) groups is 1. The predicted molar refractivity (Wildman–Crippen MR) is 131 cm³/mol. The molecule has 0 unspecified atom stereocenters. The quantitative estimate of drug-likeness (QED) is 0.488. The van der Waals surface area contributed by atoms with Crippen molar-refractivity contribution in [1.29, 1.82) is 0 Å².